The molecule has 1 atom stereocenters. The van der Waals surface area contributed by atoms with E-state index in [9.17, 15) is 9.18 Å². The van der Waals surface area contributed by atoms with E-state index in [1.165, 1.54) is 25.3 Å². The number of anilines is 1. The van der Waals surface area contributed by atoms with Gasteiger partial charge in [0.05, 0.1) is 22.3 Å². The van der Waals surface area contributed by atoms with Crippen molar-refractivity contribution >= 4 is 40.5 Å². The molecule has 3 aromatic rings. The van der Waals surface area contributed by atoms with E-state index in [2.05, 4.69) is 21.9 Å². The Kier molecular flexibility index (Phi) is 5.02. The Labute approximate surface area is 172 Å². The quantitative estimate of drug-likeness (QED) is 0.419. The summed E-state index contributed by atoms with van der Waals surface area (Å²) in [6.45, 7) is 4.43. The number of ketones is 1. The van der Waals surface area contributed by atoms with Crippen LogP contribution in [0.2, 0.25) is 10.2 Å². The van der Waals surface area contributed by atoms with Crippen LogP contribution >= 0.6 is 23.2 Å². The number of nitrogens with zero attached hydrogens (tertiary/aromatic N) is 4. The third-order valence-corrected chi connectivity index (χ3v) is 5.82. The fourth-order valence-corrected chi connectivity index (χ4v) is 4.33. The van der Waals surface area contributed by atoms with E-state index in [1.807, 2.05) is 0 Å². The van der Waals surface area contributed by atoms with E-state index >= 15 is 0 Å². The molecule has 1 saturated heterocycles. The molecule has 28 heavy (non-hydrogen) atoms. The third-order valence-electron chi connectivity index (χ3n) is 5.23. The molecule has 8 heteroatoms. The summed E-state index contributed by atoms with van der Waals surface area (Å²) < 4.78 is 15.3. The Bertz CT molecular complexity index is 1080. The number of carbonyl (C=O) groups excluding carboxylic acids is 1. The maximum Gasteiger partial charge on any atom is 0.169 e. The first kappa shape index (κ1) is 19.2. The summed E-state index contributed by atoms with van der Waals surface area (Å²) in [6, 6.07) is 4.44. The number of rotatable bonds is 3. The molecule has 1 unspecified atom stereocenters. The Morgan fingerprint density at radius 2 is 2.07 bits per heavy atom. The van der Waals surface area contributed by atoms with Crippen LogP contribution in [0.1, 0.15) is 43.5 Å². The summed E-state index contributed by atoms with van der Waals surface area (Å²) >= 11 is 13.0. The number of hydrogen-bond donors (Lipinski definition) is 0. The number of Topliss-reactive ketones (excluding diaryl/α,β-unsaturated/α-hetero) is 1. The molecule has 5 nitrogen and oxygen atoms in total. The second-order valence-electron chi connectivity index (χ2n) is 7.11. The van der Waals surface area contributed by atoms with Crippen LogP contribution in [-0.4, -0.2) is 33.0 Å². The minimum absolute atomic E-state index is 0.135. The third kappa shape index (κ3) is 3.14. The van der Waals surface area contributed by atoms with Crippen molar-refractivity contribution in [3.05, 3.63) is 46.0 Å². The average molecular weight is 421 g/mol. The topological polar surface area (TPSA) is 50.5 Å². The number of aromatic nitrogens is 3. The van der Waals surface area contributed by atoms with Crippen molar-refractivity contribution in [3.63, 3.8) is 0 Å². The molecule has 0 radical (unpaired) electrons. The van der Waals surface area contributed by atoms with Crippen LogP contribution in [0, 0.1) is 5.82 Å². The molecule has 0 N–H and O–H groups in total. The van der Waals surface area contributed by atoms with Crippen LogP contribution in [0.4, 0.5) is 10.2 Å². The molecule has 146 valence electrons. The summed E-state index contributed by atoms with van der Waals surface area (Å²) in [6.07, 6.45) is 4.71. The van der Waals surface area contributed by atoms with E-state index in [0.29, 0.717) is 22.3 Å². The number of halogens is 3. The zero-order valence-electron chi connectivity index (χ0n) is 15.5. The molecule has 0 spiro atoms. The number of piperidine rings is 1. The van der Waals surface area contributed by atoms with Gasteiger partial charge in [-0.15, -0.1) is 0 Å². The Morgan fingerprint density at radius 3 is 2.75 bits per heavy atom. The highest BCUT2D eigenvalue weighted by Gasteiger charge is 2.29. The van der Waals surface area contributed by atoms with Gasteiger partial charge >= 0.3 is 0 Å². The van der Waals surface area contributed by atoms with Gasteiger partial charge in [0.25, 0.3) is 0 Å². The first-order chi connectivity index (χ1) is 13.4. The van der Waals surface area contributed by atoms with Gasteiger partial charge in [0.1, 0.15) is 16.8 Å². The van der Waals surface area contributed by atoms with E-state index < -0.39 is 5.82 Å². The highest BCUT2D eigenvalue weighted by atomic mass is 35.5. The van der Waals surface area contributed by atoms with E-state index in [1.54, 1.807) is 10.6 Å². The molecule has 2 aromatic heterocycles. The van der Waals surface area contributed by atoms with Gasteiger partial charge in [-0.25, -0.2) is 9.37 Å². The van der Waals surface area contributed by atoms with E-state index in [-0.39, 0.29) is 22.0 Å². The SMILES string of the molecule is CC(=O)c1cnn2c(N3CCCCC3C)c(-c3ccc(F)cc3Cl)c(Cl)nc12. The number of carbonyl (C=O) groups is 1. The minimum Gasteiger partial charge on any atom is -0.353 e. The predicted molar refractivity (Wildman–Crippen MR) is 109 cm³/mol. The standard InChI is InChI=1S/C20H19Cl2FN4O/c1-11-5-3-4-8-26(11)20-17(14-7-6-13(23)9-16(14)21)18(22)25-19-15(12(2)28)10-24-27(19)20/h6-7,9-11H,3-5,8H2,1-2H3. The fraction of sp³-hybridized carbons (Fsp3) is 0.350. The van der Waals surface area contributed by atoms with Crippen molar-refractivity contribution in [2.75, 3.05) is 11.4 Å². The number of fused-ring (bicyclic) bond motifs is 1. The lowest BCUT2D eigenvalue weighted by Gasteiger charge is -2.36. The van der Waals surface area contributed by atoms with Crippen molar-refractivity contribution in [1.82, 2.24) is 14.6 Å². The molecule has 1 aromatic carbocycles. The first-order valence-electron chi connectivity index (χ1n) is 9.18. The lowest BCUT2D eigenvalue weighted by Crippen LogP contribution is -2.39. The van der Waals surface area contributed by atoms with Crippen LogP contribution < -0.4 is 4.90 Å². The van der Waals surface area contributed by atoms with Gasteiger partial charge in [-0.05, 0) is 51.3 Å². The van der Waals surface area contributed by atoms with Crippen molar-refractivity contribution < 1.29 is 9.18 Å². The number of benzene rings is 1. The molecular formula is C20H19Cl2FN4O. The van der Waals surface area contributed by atoms with Crippen molar-refractivity contribution in [3.8, 4) is 11.1 Å². The molecule has 0 amide bonds. The predicted octanol–water partition coefficient (Wildman–Crippen LogP) is 5.42. The van der Waals surface area contributed by atoms with Crippen LogP contribution in [0.3, 0.4) is 0 Å². The molecule has 4 rings (SSSR count). The van der Waals surface area contributed by atoms with Crippen LogP contribution in [0.5, 0.6) is 0 Å². The molecule has 0 bridgehead atoms. The first-order valence-corrected chi connectivity index (χ1v) is 9.94. The summed E-state index contributed by atoms with van der Waals surface area (Å²) in [5, 5.41) is 4.89. The number of hydrogen-bond acceptors (Lipinski definition) is 4. The summed E-state index contributed by atoms with van der Waals surface area (Å²) in [5.74, 6) is 0.164. The zero-order valence-corrected chi connectivity index (χ0v) is 17.1. The van der Waals surface area contributed by atoms with E-state index in [4.69, 9.17) is 23.2 Å². The van der Waals surface area contributed by atoms with E-state index in [0.717, 1.165) is 31.6 Å². The van der Waals surface area contributed by atoms with Gasteiger partial charge in [0, 0.05) is 18.2 Å². The molecular weight excluding hydrogens is 402 g/mol. The normalized spacial score (nSPS) is 17.3. The summed E-state index contributed by atoms with van der Waals surface area (Å²) in [7, 11) is 0. The lowest BCUT2D eigenvalue weighted by atomic mass is 10.0. The van der Waals surface area contributed by atoms with Crippen LogP contribution in [0.25, 0.3) is 16.8 Å². The van der Waals surface area contributed by atoms with Gasteiger partial charge in [-0.3, -0.25) is 4.79 Å². The Balaban J connectivity index is 2.07. The average Bonchev–Trinajstić information content (AvgIpc) is 3.05. The highest BCUT2D eigenvalue weighted by molar-refractivity contribution is 6.36. The van der Waals surface area contributed by atoms with Gasteiger partial charge in [0.2, 0.25) is 0 Å². The van der Waals surface area contributed by atoms with Gasteiger partial charge in [0.15, 0.2) is 11.4 Å². The Hall–Kier alpha value is -2.18. The molecule has 3 heterocycles. The molecule has 0 aliphatic carbocycles. The molecule has 0 saturated carbocycles. The minimum atomic E-state index is -0.426. The lowest BCUT2D eigenvalue weighted by molar-refractivity contribution is 0.101. The second kappa shape index (κ2) is 7.33. The monoisotopic (exact) mass is 420 g/mol. The van der Waals surface area contributed by atoms with Crippen molar-refractivity contribution in [1.29, 1.82) is 0 Å². The zero-order chi connectivity index (χ0) is 20.0. The second-order valence-corrected chi connectivity index (χ2v) is 7.88. The molecule has 1 fully saturated rings. The van der Waals surface area contributed by atoms with Gasteiger partial charge in [-0.2, -0.15) is 9.61 Å². The maximum absolute atomic E-state index is 13.6. The largest absolute Gasteiger partial charge is 0.353 e. The highest BCUT2D eigenvalue weighted by Crippen LogP contribution is 2.42. The maximum atomic E-state index is 13.6. The van der Waals surface area contributed by atoms with Crippen LogP contribution in [0.15, 0.2) is 24.4 Å². The van der Waals surface area contributed by atoms with Gasteiger partial charge < -0.3 is 4.90 Å². The summed E-state index contributed by atoms with van der Waals surface area (Å²) in [5.41, 5.74) is 1.98. The Morgan fingerprint density at radius 1 is 1.29 bits per heavy atom. The van der Waals surface area contributed by atoms with Gasteiger partial charge in [-0.1, -0.05) is 23.2 Å². The summed E-state index contributed by atoms with van der Waals surface area (Å²) in [4.78, 5) is 18.7. The van der Waals surface area contributed by atoms with Crippen LogP contribution in [-0.2, 0) is 0 Å². The fourth-order valence-electron chi connectivity index (χ4n) is 3.80. The molecule has 1 aliphatic rings. The van der Waals surface area contributed by atoms with Crippen molar-refractivity contribution in [2.45, 2.75) is 39.2 Å². The van der Waals surface area contributed by atoms with Crippen molar-refractivity contribution in [2.24, 2.45) is 0 Å². The molecule has 1 aliphatic heterocycles. The smallest absolute Gasteiger partial charge is 0.169 e.